The van der Waals surface area contributed by atoms with E-state index in [2.05, 4.69) is 24.3 Å². The van der Waals surface area contributed by atoms with Crippen LogP contribution < -0.4 is 5.73 Å². The maximum atomic E-state index is 6.44. The van der Waals surface area contributed by atoms with Gasteiger partial charge < -0.3 is 5.73 Å². The van der Waals surface area contributed by atoms with Gasteiger partial charge in [-0.15, -0.1) is 0 Å². The Kier molecular flexibility index (Phi) is 4.77. The Morgan fingerprint density at radius 2 is 1.80 bits per heavy atom. The van der Waals surface area contributed by atoms with Gasteiger partial charge in [-0.2, -0.15) is 0 Å². The Morgan fingerprint density at radius 3 is 2.50 bits per heavy atom. The first-order valence-corrected chi connectivity index (χ1v) is 8.68. The molecule has 20 heavy (non-hydrogen) atoms. The molecule has 3 rings (SSSR count). The first kappa shape index (κ1) is 14.1. The zero-order valence-corrected chi connectivity index (χ0v) is 12.7. The molecule has 0 spiro atoms. The number of hydrogen-bond acceptors (Lipinski definition) is 1. The van der Waals surface area contributed by atoms with Crippen LogP contribution in [0.4, 0.5) is 0 Å². The molecule has 1 aromatic carbocycles. The summed E-state index contributed by atoms with van der Waals surface area (Å²) in [7, 11) is 0. The molecule has 2 aliphatic rings. The number of hydrogen-bond donors (Lipinski definition) is 1. The predicted octanol–water partition coefficient (Wildman–Crippen LogP) is 5.31. The van der Waals surface area contributed by atoms with Crippen LogP contribution in [0.25, 0.3) is 0 Å². The summed E-state index contributed by atoms with van der Waals surface area (Å²) >= 11 is 0. The quantitative estimate of drug-likeness (QED) is 0.771. The van der Waals surface area contributed by atoms with Crippen molar-refractivity contribution >= 4 is 0 Å². The molecule has 0 heterocycles. The van der Waals surface area contributed by atoms with Crippen LogP contribution in [-0.2, 0) is 0 Å². The lowest BCUT2D eigenvalue weighted by atomic mass is 9.79. The van der Waals surface area contributed by atoms with E-state index in [0.717, 1.165) is 11.8 Å². The molecular formula is C19H29N. The summed E-state index contributed by atoms with van der Waals surface area (Å²) < 4.78 is 0. The topological polar surface area (TPSA) is 26.0 Å². The third-order valence-corrected chi connectivity index (χ3v) is 5.53. The molecule has 0 bridgehead atoms. The van der Waals surface area contributed by atoms with Crippen LogP contribution in [0.5, 0.6) is 0 Å². The molecule has 2 saturated carbocycles. The highest BCUT2D eigenvalue weighted by molar-refractivity contribution is 5.29. The SMILES string of the molecule is NC(CCC1CCCCC1)c1cccc(C2CCC2)c1. The van der Waals surface area contributed by atoms with Crippen LogP contribution in [-0.4, -0.2) is 0 Å². The summed E-state index contributed by atoms with van der Waals surface area (Å²) in [6.45, 7) is 0. The molecule has 2 aliphatic carbocycles. The lowest BCUT2D eigenvalue weighted by Gasteiger charge is -2.27. The van der Waals surface area contributed by atoms with Gasteiger partial charge in [-0.25, -0.2) is 0 Å². The van der Waals surface area contributed by atoms with Crippen molar-refractivity contribution < 1.29 is 0 Å². The normalized spacial score (nSPS) is 22.4. The van der Waals surface area contributed by atoms with Crippen molar-refractivity contribution in [2.45, 2.75) is 76.2 Å². The summed E-state index contributed by atoms with van der Waals surface area (Å²) in [5.41, 5.74) is 9.34. The summed E-state index contributed by atoms with van der Waals surface area (Å²) in [6.07, 6.45) is 13.9. The molecule has 0 radical (unpaired) electrons. The fourth-order valence-electron chi connectivity index (χ4n) is 3.84. The molecule has 0 amide bonds. The molecule has 1 unspecified atom stereocenters. The largest absolute Gasteiger partial charge is 0.324 e. The van der Waals surface area contributed by atoms with Gasteiger partial charge in [-0.05, 0) is 48.6 Å². The van der Waals surface area contributed by atoms with Crippen LogP contribution in [0.15, 0.2) is 24.3 Å². The zero-order valence-electron chi connectivity index (χ0n) is 12.7. The first-order valence-electron chi connectivity index (χ1n) is 8.68. The van der Waals surface area contributed by atoms with E-state index in [0.29, 0.717) is 0 Å². The summed E-state index contributed by atoms with van der Waals surface area (Å²) in [5.74, 6) is 1.77. The van der Waals surface area contributed by atoms with Crippen LogP contribution in [0.1, 0.15) is 87.3 Å². The number of nitrogens with two attached hydrogens (primary N) is 1. The maximum Gasteiger partial charge on any atom is 0.0295 e. The molecule has 2 fully saturated rings. The van der Waals surface area contributed by atoms with Crippen molar-refractivity contribution in [3.63, 3.8) is 0 Å². The monoisotopic (exact) mass is 271 g/mol. The minimum absolute atomic E-state index is 0.247. The lowest BCUT2D eigenvalue weighted by Crippen LogP contribution is -2.15. The van der Waals surface area contributed by atoms with Gasteiger partial charge in [-0.1, -0.05) is 62.8 Å². The van der Waals surface area contributed by atoms with E-state index in [1.807, 2.05) is 0 Å². The highest BCUT2D eigenvalue weighted by Crippen LogP contribution is 2.37. The van der Waals surface area contributed by atoms with Crippen molar-refractivity contribution in [1.29, 1.82) is 0 Å². The van der Waals surface area contributed by atoms with Gasteiger partial charge in [-0.3, -0.25) is 0 Å². The van der Waals surface area contributed by atoms with Crippen molar-refractivity contribution in [3.8, 4) is 0 Å². The highest BCUT2D eigenvalue weighted by atomic mass is 14.6. The van der Waals surface area contributed by atoms with Crippen LogP contribution in [0, 0.1) is 5.92 Å². The fraction of sp³-hybridized carbons (Fsp3) is 0.684. The maximum absolute atomic E-state index is 6.44. The average Bonchev–Trinajstić information content (AvgIpc) is 2.44. The van der Waals surface area contributed by atoms with E-state index in [9.17, 15) is 0 Å². The summed E-state index contributed by atoms with van der Waals surface area (Å²) in [6, 6.07) is 9.37. The van der Waals surface area contributed by atoms with Gasteiger partial charge in [0.15, 0.2) is 0 Å². The van der Waals surface area contributed by atoms with E-state index >= 15 is 0 Å². The van der Waals surface area contributed by atoms with Gasteiger partial charge >= 0.3 is 0 Å². The van der Waals surface area contributed by atoms with Crippen LogP contribution in [0.3, 0.4) is 0 Å². The molecular weight excluding hydrogens is 242 g/mol. The highest BCUT2D eigenvalue weighted by Gasteiger charge is 2.20. The first-order chi connectivity index (χ1) is 9.83. The zero-order chi connectivity index (χ0) is 13.8. The molecule has 1 heteroatoms. The Hall–Kier alpha value is -0.820. The lowest BCUT2D eigenvalue weighted by molar-refractivity contribution is 0.324. The van der Waals surface area contributed by atoms with Crippen LogP contribution in [0.2, 0.25) is 0 Å². The summed E-state index contributed by atoms with van der Waals surface area (Å²) in [4.78, 5) is 0. The average molecular weight is 271 g/mol. The Balaban J connectivity index is 1.54. The second kappa shape index (κ2) is 6.76. The molecule has 0 aliphatic heterocycles. The van der Waals surface area contributed by atoms with E-state index in [1.165, 1.54) is 75.3 Å². The van der Waals surface area contributed by atoms with Gasteiger partial charge in [0.05, 0.1) is 0 Å². The summed E-state index contributed by atoms with van der Waals surface area (Å²) in [5, 5.41) is 0. The van der Waals surface area contributed by atoms with Crippen molar-refractivity contribution in [2.75, 3.05) is 0 Å². The Labute approximate surface area is 124 Å². The van der Waals surface area contributed by atoms with E-state index in [4.69, 9.17) is 5.73 Å². The molecule has 1 atom stereocenters. The molecule has 0 aromatic heterocycles. The number of rotatable bonds is 5. The molecule has 2 N–H and O–H groups in total. The standard InChI is InChI=1S/C19H29N/c20-19(13-12-15-6-2-1-3-7-15)18-11-5-10-17(14-18)16-8-4-9-16/h5,10-11,14-16,19H,1-4,6-9,12-13,20H2. The van der Waals surface area contributed by atoms with Gasteiger partial charge in [0, 0.05) is 6.04 Å². The van der Waals surface area contributed by atoms with Crippen molar-refractivity contribution in [1.82, 2.24) is 0 Å². The second-order valence-corrected chi connectivity index (χ2v) is 6.99. The van der Waals surface area contributed by atoms with E-state index in [-0.39, 0.29) is 6.04 Å². The predicted molar refractivity (Wildman–Crippen MR) is 85.8 cm³/mol. The third-order valence-electron chi connectivity index (χ3n) is 5.53. The van der Waals surface area contributed by atoms with Crippen molar-refractivity contribution in [3.05, 3.63) is 35.4 Å². The molecule has 1 aromatic rings. The van der Waals surface area contributed by atoms with E-state index < -0.39 is 0 Å². The van der Waals surface area contributed by atoms with E-state index in [1.54, 1.807) is 0 Å². The van der Waals surface area contributed by atoms with Crippen LogP contribution >= 0.6 is 0 Å². The minimum Gasteiger partial charge on any atom is -0.324 e. The van der Waals surface area contributed by atoms with Gasteiger partial charge in [0.1, 0.15) is 0 Å². The molecule has 1 nitrogen and oxygen atoms in total. The van der Waals surface area contributed by atoms with Gasteiger partial charge in [0.25, 0.3) is 0 Å². The molecule has 110 valence electrons. The van der Waals surface area contributed by atoms with Gasteiger partial charge in [0.2, 0.25) is 0 Å². The minimum atomic E-state index is 0.247. The molecule has 0 saturated heterocycles. The third kappa shape index (κ3) is 3.44. The second-order valence-electron chi connectivity index (χ2n) is 6.99. The Bertz CT molecular complexity index is 416. The smallest absolute Gasteiger partial charge is 0.0295 e. The Morgan fingerprint density at radius 1 is 1.00 bits per heavy atom. The number of benzene rings is 1. The van der Waals surface area contributed by atoms with Crippen molar-refractivity contribution in [2.24, 2.45) is 11.7 Å². The fourth-order valence-corrected chi connectivity index (χ4v) is 3.84.